The van der Waals surface area contributed by atoms with Gasteiger partial charge in [-0.2, -0.15) is 5.10 Å². The Kier molecular flexibility index (Phi) is 5.82. The molecular formula is C42H27N3. The van der Waals surface area contributed by atoms with Crippen molar-refractivity contribution < 1.29 is 0 Å². The summed E-state index contributed by atoms with van der Waals surface area (Å²) in [5.41, 5.74) is 10.5. The molecule has 0 aliphatic rings. The summed E-state index contributed by atoms with van der Waals surface area (Å²) in [6.07, 6.45) is 0. The highest BCUT2D eigenvalue weighted by molar-refractivity contribution is 5.91. The summed E-state index contributed by atoms with van der Waals surface area (Å²) in [5, 5.41) is 11.1. The molecule has 0 aliphatic heterocycles. The van der Waals surface area contributed by atoms with Gasteiger partial charge in [0.25, 0.3) is 0 Å². The van der Waals surface area contributed by atoms with Crippen molar-refractivity contribution in [2.75, 3.05) is 0 Å². The molecular weight excluding hydrogens is 546 g/mol. The summed E-state index contributed by atoms with van der Waals surface area (Å²) < 4.78 is 2.04. The predicted octanol–water partition coefficient (Wildman–Crippen LogP) is 10.9. The van der Waals surface area contributed by atoms with Crippen LogP contribution < -0.4 is 0 Å². The molecule has 0 N–H and O–H groups in total. The quantitative estimate of drug-likeness (QED) is 0.210. The Hall–Kier alpha value is -6.06. The van der Waals surface area contributed by atoms with Gasteiger partial charge in [0.15, 0.2) is 0 Å². The van der Waals surface area contributed by atoms with Crippen LogP contribution in [0.3, 0.4) is 0 Å². The highest BCUT2D eigenvalue weighted by atomic mass is 15.2. The molecule has 0 saturated heterocycles. The van der Waals surface area contributed by atoms with Crippen LogP contribution in [0.15, 0.2) is 164 Å². The fraction of sp³-hybridized carbons (Fsp3) is 0. The molecule has 0 aliphatic carbocycles. The molecule has 3 aromatic heterocycles. The van der Waals surface area contributed by atoms with Gasteiger partial charge in [-0.3, -0.25) is 0 Å². The lowest BCUT2D eigenvalue weighted by atomic mass is 9.96. The molecule has 0 atom stereocenters. The van der Waals surface area contributed by atoms with Gasteiger partial charge in [0.1, 0.15) is 0 Å². The van der Waals surface area contributed by atoms with Gasteiger partial charge < -0.3 is 0 Å². The van der Waals surface area contributed by atoms with Gasteiger partial charge in [-0.05, 0) is 81.2 Å². The number of fused-ring (bicyclic) bond motifs is 5. The van der Waals surface area contributed by atoms with E-state index in [0.717, 1.165) is 50.4 Å². The third kappa shape index (κ3) is 4.54. The molecule has 0 saturated carbocycles. The van der Waals surface area contributed by atoms with E-state index in [-0.39, 0.29) is 0 Å². The van der Waals surface area contributed by atoms with E-state index in [1.807, 2.05) is 4.52 Å². The fourth-order valence-electron chi connectivity index (χ4n) is 6.39. The van der Waals surface area contributed by atoms with Crippen LogP contribution in [0.2, 0.25) is 0 Å². The largest absolute Gasteiger partial charge is 0.248 e. The Morgan fingerprint density at radius 2 is 0.889 bits per heavy atom. The highest BCUT2D eigenvalue weighted by Crippen LogP contribution is 2.34. The maximum absolute atomic E-state index is 5.26. The zero-order chi connectivity index (χ0) is 29.7. The average molecular weight is 574 g/mol. The topological polar surface area (TPSA) is 30.2 Å². The van der Waals surface area contributed by atoms with Gasteiger partial charge >= 0.3 is 0 Å². The maximum Gasteiger partial charge on any atom is 0.0934 e. The van der Waals surface area contributed by atoms with Crippen LogP contribution in [0.1, 0.15) is 0 Å². The Morgan fingerprint density at radius 3 is 1.62 bits per heavy atom. The number of rotatable bonds is 4. The molecule has 3 nitrogen and oxygen atoms in total. The lowest BCUT2D eigenvalue weighted by molar-refractivity contribution is 1.01. The van der Waals surface area contributed by atoms with E-state index in [0.29, 0.717) is 0 Å². The first kappa shape index (κ1) is 25.4. The second-order valence-corrected chi connectivity index (χ2v) is 11.6. The van der Waals surface area contributed by atoms with Crippen molar-refractivity contribution in [3.63, 3.8) is 0 Å². The molecule has 0 fully saturated rings. The van der Waals surface area contributed by atoms with Crippen molar-refractivity contribution in [3.8, 4) is 44.9 Å². The number of hydrogen-bond donors (Lipinski definition) is 0. The van der Waals surface area contributed by atoms with Crippen molar-refractivity contribution >= 4 is 38.0 Å². The van der Waals surface area contributed by atoms with Gasteiger partial charge in [-0.1, -0.05) is 115 Å². The van der Waals surface area contributed by atoms with Crippen LogP contribution in [0.25, 0.3) is 82.9 Å². The summed E-state index contributed by atoms with van der Waals surface area (Å²) in [7, 11) is 0. The first-order chi connectivity index (χ1) is 22.2. The lowest BCUT2D eigenvalue weighted by Crippen LogP contribution is -1.92. The van der Waals surface area contributed by atoms with Crippen LogP contribution >= 0.6 is 0 Å². The summed E-state index contributed by atoms with van der Waals surface area (Å²) >= 11 is 0. The first-order valence-electron chi connectivity index (χ1n) is 15.2. The molecule has 0 bridgehead atoms. The number of nitrogens with zero attached hydrogens (tertiary/aromatic N) is 3. The van der Waals surface area contributed by atoms with Crippen LogP contribution in [0.5, 0.6) is 0 Å². The third-order valence-corrected chi connectivity index (χ3v) is 8.74. The molecule has 0 spiro atoms. The molecule has 0 unspecified atom stereocenters. The minimum Gasteiger partial charge on any atom is -0.248 e. The molecule has 45 heavy (non-hydrogen) atoms. The number of hydrogen-bond acceptors (Lipinski definition) is 2. The Labute approximate surface area is 260 Å². The van der Waals surface area contributed by atoms with Crippen LogP contribution in [-0.2, 0) is 0 Å². The first-order valence-corrected chi connectivity index (χ1v) is 15.2. The SMILES string of the molecule is c1cc(-c2cc(-c3ccc4ccccc4c3)cc(-c3ccc4ccccc4c3)n2)cc(-c2cc3ccc4ccccc4n3n2)c1. The van der Waals surface area contributed by atoms with Gasteiger partial charge in [0.05, 0.1) is 28.1 Å². The summed E-state index contributed by atoms with van der Waals surface area (Å²) in [6.45, 7) is 0. The standard InChI is InChI=1S/C42H27N3/c1-3-11-31-22-33(18-16-28(31)8-1)37-25-39(43-40(26-37)36-19-17-29-9-2-4-12-32(29)23-36)34-13-7-14-35(24-34)41-27-38-21-20-30-10-5-6-15-42(30)45(38)44-41/h1-27H. The molecule has 0 amide bonds. The third-order valence-electron chi connectivity index (χ3n) is 8.74. The smallest absolute Gasteiger partial charge is 0.0934 e. The Balaban J connectivity index is 1.20. The molecule has 6 aromatic carbocycles. The summed E-state index contributed by atoms with van der Waals surface area (Å²) in [5.74, 6) is 0. The van der Waals surface area contributed by atoms with Crippen molar-refractivity contribution in [3.05, 3.63) is 164 Å². The fourth-order valence-corrected chi connectivity index (χ4v) is 6.39. The van der Waals surface area contributed by atoms with Crippen molar-refractivity contribution in [2.24, 2.45) is 0 Å². The van der Waals surface area contributed by atoms with Gasteiger partial charge in [0, 0.05) is 22.1 Å². The number of pyridine rings is 2. The van der Waals surface area contributed by atoms with E-state index in [9.17, 15) is 0 Å². The van der Waals surface area contributed by atoms with E-state index >= 15 is 0 Å². The summed E-state index contributed by atoms with van der Waals surface area (Å²) in [4.78, 5) is 5.26. The van der Waals surface area contributed by atoms with Crippen LogP contribution in [0, 0.1) is 0 Å². The normalized spacial score (nSPS) is 11.6. The molecule has 3 heterocycles. The predicted molar refractivity (Wildman–Crippen MR) is 187 cm³/mol. The Bertz CT molecular complexity index is 2460. The molecule has 210 valence electrons. The Morgan fingerprint density at radius 1 is 0.333 bits per heavy atom. The van der Waals surface area contributed by atoms with E-state index in [4.69, 9.17) is 10.1 Å². The zero-order valence-electron chi connectivity index (χ0n) is 24.4. The molecule has 9 rings (SSSR count). The number of para-hydroxylation sites is 1. The van der Waals surface area contributed by atoms with Crippen molar-refractivity contribution in [1.82, 2.24) is 14.6 Å². The van der Waals surface area contributed by atoms with E-state index in [1.54, 1.807) is 0 Å². The number of benzene rings is 6. The second kappa shape index (κ2) is 10.3. The maximum atomic E-state index is 5.26. The molecule has 3 heteroatoms. The van der Waals surface area contributed by atoms with Crippen LogP contribution in [0.4, 0.5) is 0 Å². The van der Waals surface area contributed by atoms with Gasteiger partial charge in [-0.25, -0.2) is 9.50 Å². The minimum atomic E-state index is 0.930. The summed E-state index contributed by atoms with van der Waals surface area (Å²) in [6, 6.07) is 58.1. The van der Waals surface area contributed by atoms with Crippen molar-refractivity contribution in [1.29, 1.82) is 0 Å². The van der Waals surface area contributed by atoms with Gasteiger partial charge in [0.2, 0.25) is 0 Å². The monoisotopic (exact) mass is 573 g/mol. The van der Waals surface area contributed by atoms with Crippen molar-refractivity contribution in [2.45, 2.75) is 0 Å². The molecule has 9 aromatic rings. The minimum absolute atomic E-state index is 0.930. The van der Waals surface area contributed by atoms with E-state index in [1.165, 1.54) is 32.5 Å². The second-order valence-electron chi connectivity index (χ2n) is 11.6. The van der Waals surface area contributed by atoms with Crippen LogP contribution in [-0.4, -0.2) is 14.6 Å². The highest BCUT2D eigenvalue weighted by Gasteiger charge is 2.13. The van der Waals surface area contributed by atoms with E-state index < -0.39 is 0 Å². The number of aromatic nitrogens is 3. The average Bonchev–Trinajstić information content (AvgIpc) is 3.56. The van der Waals surface area contributed by atoms with Gasteiger partial charge in [-0.15, -0.1) is 0 Å². The molecule has 0 radical (unpaired) electrons. The van der Waals surface area contributed by atoms with E-state index in [2.05, 4.69) is 164 Å². The zero-order valence-corrected chi connectivity index (χ0v) is 24.4. The lowest BCUT2D eigenvalue weighted by Gasteiger charge is -2.12.